The summed E-state index contributed by atoms with van der Waals surface area (Å²) in [5.74, 6) is -0.645. The van der Waals surface area contributed by atoms with Gasteiger partial charge in [0.25, 0.3) is 5.91 Å². The number of fused-ring (bicyclic) bond motifs is 1. The van der Waals surface area contributed by atoms with Gasteiger partial charge < -0.3 is 19.5 Å². The lowest BCUT2D eigenvalue weighted by Gasteiger charge is -2.28. The van der Waals surface area contributed by atoms with Gasteiger partial charge in [-0.1, -0.05) is 11.3 Å². The van der Waals surface area contributed by atoms with Crippen LogP contribution in [0.1, 0.15) is 28.9 Å². The van der Waals surface area contributed by atoms with Crippen molar-refractivity contribution in [2.24, 2.45) is 0 Å². The molecule has 42 heavy (non-hydrogen) atoms. The maximum absolute atomic E-state index is 16.3. The molecule has 220 valence electrons. The number of H-pyrrole nitrogens is 1. The summed E-state index contributed by atoms with van der Waals surface area (Å²) in [5, 5.41) is 8.04. The van der Waals surface area contributed by atoms with Gasteiger partial charge in [-0.15, -0.1) is 5.10 Å². The van der Waals surface area contributed by atoms with E-state index in [0.717, 1.165) is 6.26 Å². The van der Waals surface area contributed by atoms with E-state index in [1.54, 1.807) is 54.3 Å². The van der Waals surface area contributed by atoms with Gasteiger partial charge in [0.2, 0.25) is 5.91 Å². The van der Waals surface area contributed by atoms with Gasteiger partial charge >= 0.3 is 0 Å². The van der Waals surface area contributed by atoms with Gasteiger partial charge in [0.1, 0.15) is 11.4 Å². The van der Waals surface area contributed by atoms with Gasteiger partial charge in [-0.3, -0.25) is 14.3 Å². The number of hydrogen-bond acceptors (Lipinski definition) is 7. The third-order valence-electron chi connectivity index (χ3n) is 7.25. The summed E-state index contributed by atoms with van der Waals surface area (Å²) in [6.45, 7) is 1.05. The van der Waals surface area contributed by atoms with Crippen LogP contribution in [0.3, 0.4) is 0 Å². The molecule has 0 unspecified atom stereocenters. The SMILES string of the molecule is COc1ccc(S(C)(=O)=O)cc1-c1cc(C2=CCCN(C(=O)CCn3ccnn3)C2)c(F)c2[nH]c(C(=O)N(C)C)cc12. The number of aryl methyl sites for hydroxylation is 1. The summed E-state index contributed by atoms with van der Waals surface area (Å²) in [4.78, 5) is 31.9. The minimum atomic E-state index is -3.57. The molecule has 13 heteroatoms. The predicted octanol–water partition coefficient (Wildman–Crippen LogP) is 3.39. The van der Waals surface area contributed by atoms with E-state index in [9.17, 15) is 18.0 Å². The molecular weight excluding hydrogens is 563 g/mol. The molecule has 0 aliphatic carbocycles. The number of aromatic nitrogens is 4. The van der Waals surface area contributed by atoms with Crippen LogP contribution >= 0.6 is 0 Å². The Balaban J connectivity index is 1.62. The highest BCUT2D eigenvalue weighted by Gasteiger charge is 2.26. The minimum Gasteiger partial charge on any atom is -0.496 e. The van der Waals surface area contributed by atoms with Crippen LogP contribution in [-0.2, 0) is 21.2 Å². The molecule has 4 aromatic rings. The Morgan fingerprint density at radius 1 is 1.14 bits per heavy atom. The topological polar surface area (TPSA) is 130 Å². The van der Waals surface area contributed by atoms with Gasteiger partial charge in [0, 0.05) is 62.6 Å². The van der Waals surface area contributed by atoms with Gasteiger partial charge in [-0.05, 0) is 47.9 Å². The van der Waals surface area contributed by atoms with E-state index < -0.39 is 15.7 Å². The number of hydrogen-bond donors (Lipinski definition) is 1. The average molecular weight is 595 g/mol. The molecule has 0 saturated heterocycles. The molecule has 5 rings (SSSR count). The summed E-state index contributed by atoms with van der Waals surface area (Å²) in [5.41, 5.74) is 2.01. The van der Waals surface area contributed by atoms with Crippen molar-refractivity contribution >= 4 is 38.1 Å². The molecule has 2 amide bonds. The highest BCUT2D eigenvalue weighted by atomic mass is 32.2. The fourth-order valence-corrected chi connectivity index (χ4v) is 5.72. The molecule has 1 aliphatic heterocycles. The Kier molecular flexibility index (Phi) is 7.87. The first-order valence-corrected chi connectivity index (χ1v) is 15.1. The summed E-state index contributed by atoms with van der Waals surface area (Å²) in [7, 11) is 1.08. The maximum Gasteiger partial charge on any atom is 0.269 e. The summed E-state index contributed by atoms with van der Waals surface area (Å²) in [6.07, 6.45) is 6.97. The second-order valence-electron chi connectivity index (χ2n) is 10.3. The van der Waals surface area contributed by atoms with Crippen molar-refractivity contribution in [3.63, 3.8) is 0 Å². The van der Waals surface area contributed by atoms with Gasteiger partial charge in [-0.25, -0.2) is 12.8 Å². The van der Waals surface area contributed by atoms with E-state index in [-0.39, 0.29) is 46.4 Å². The third-order valence-corrected chi connectivity index (χ3v) is 8.36. The minimum absolute atomic E-state index is 0.0680. The van der Waals surface area contributed by atoms with Crippen LogP contribution in [0.15, 0.2) is 53.7 Å². The molecule has 0 bridgehead atoms. The maximum atomic E-state index is 16.3. The molecular formula is C29H31FN6O5S. The second-order valence-corrected chi connectivity index (χ2v) is 12.4. The van der Waals surface area contributed by atoms with Crippen LogP contribution in [0.25, 0.3) is 27.6 Å². The molecule has 11 nitrogen and oxygen atoms in total. The molecule has 0 atom stereocenters. The predicted molar refractivity (Wildman–Crippen MR) is 155 cm³/mol. The molecule has 1 N–H and O–H groups in total. The first-order chi connectivity index (χ1) is 20.0. The number of sulfone groups is 1. The standard InChI is InChI=1S/C29H31FN6O5S/c1-34(2)29(38)24-16-23-21(22-14-19(42(4,39)40)7-8-25(22)41-3)15-20(27(30)28(23)32-24)18-6-5-11-35(17-18)26(37)9-12-36-13-10-31-33-36/h6-8,10,13-16,32H,5,9,11-12,17H2,1-4H3. The van der Waals surface area contributed by atoms with Crippen molar-refractivity contribution in [3.8, 4) is 16.9 Å². The summed E-state index contributed by atoms with van der Waals surface area (Å²) >= 11 is 0. The lowest BCUT2D eigenvalue weighted by molar-refractivity contribution is -0.131. The van der Waals surface area contributed by atoms with E-state index >= 15 is 4.39 Å². The molecule has 0 saturated carbocycles. The lowest BCUT2D eigenvalue weighted by atomic mass is 9.92. The number of methoxy groups -OCH3 is 1. The average Bonchev–Trinajstić information content (AvgIpc) is 3.66. The normalized spacial score (nSPS) is 13.7. The fraction of sp³-hybridized carbons (Fsp3) is 0.310. The quantitative estimate of drug-likeness (QED) is 0.331. The van der Waals surface area contributed by atoms with Gasteiger partial charge in [0.05, 0.1) is 30.3 Å². The first-order valence-electron chi connectivity index (χ1n) is 13.2. The third kappa shape index (κ3) is 5.64. The molecule has 0 spiro atoms. The Morgan fingerprint density at radius 2 is 1.93 bits per heavy atom. The number of rotatable bonds is 8. The van der Waals surface area contributed by atoms with Crippen LogP contribution in [-0.4, -0.2) is 90.6 Å². The Bertz CT molecular complexity index is 1810. The molecule has 0 fully saturated rings. The van der Waals surface area contributed by atoms with Crippen molar-refractivity contribution < 1.29 is 27.1 Å². The van der Waals surface area contributed by atoms with Crippen molar-refractivity contribution in [1.82, 2.24) is 29.8 Å². The van der Waals surface area contributed by atoms with Crippen LogP contribution in [0.5, 0.6) is 5.75 Å². The number of carbonyl (C=O) groups is 2. The second kappa shape index (κ2) is 11.4. The number of halogens is 1. The van der Waals surface area contributed by atoms with Crippen LogP contribution in [0.4, 0.5) is 4.39 Å². The number of nitrogens with one attached hydrogen (secondary N) is 1. The number of nitrogens with zero attached hydrogens (tertiary/aromatic N) is 5. The zero-order valence-corrected chi connectivity index (χ0v) is 24.5. The zero-order valence-electron chi connectivity index (χ0n) is 23.7. The van der Waals surface area contributed by atoms with Crippen molar-refractivity contribution in [2.45, 2.75) is 24.3 Å². The van der Waals surface area contributed by atoms with E-state index in [0.29, 0.717) is 47.3 Å². The molecule has 2 aromatic heterocycles. The van der Waals surface area contributed by atoms with Crippen LogP contribution < -0.4 is 4.74 Å². The number of aromatic amines is 1. The zero-order chi connectivity index (χ0) is 30.2. The largest absolute Gasteiger partial charge is 0.496 e. The number of benzene rings is 2. The first kappa shape index (κ1) is 29.0. The summed E-state index contributed by atoms with van der Waals surface area (Å²) < 4.78 is 48.3. The Morgan fingerprint density at radius 3 is 2.60 bits per heavy atom. The Hall–Kier alpha value is -4.52. The number of carbonyl (C=O) groups excluding carboxylic acids is 2. The highest BCUT2D eigenvalue weighted by Crippen LogP contribution is 2.41. The van der Waals surface area contributed by atoms with Crippen molar-refractivity contribution in [3.05, 3.63) is 65.9 Å². The van der Waals surface area contributed by atoms with Crippen molar-refractivity contribution in [1.29, 1.82) is 0 Å². The molecule has 2 aromatic carbocycles. The van der Waals surface area contributed by atoms with E-state index in [4.69, 9.17) is 4.74 Å². The lowest BCUT2D eigenvalue weighted by Crippen LogP contribution is -2.36. The highest BCUT2D eigenvalue weighted by molar-refractivity contribution is 7.90. The molecule has 1 aliphatic rings. The fourth-order valence-electron chi connectivity index (χ4n) is 5.07. The smallest absolute Gasteiger partial charge is 0.269 e. The number of ether oxygens (including phenoxy) is 1. The van der Waals surface area contributed by atoms with Gasteiger partial charge in [0.15, 0.2) is 15.7 Å². The van der Waals surface area contributed by atoms with Crippen LogP contribution in [0.2, 0.25) is 0 Å². The van der Waals surface area contributed by atoms with E-state index in [1.165, 1.54) is 24.1 Å². The molecule has 3 heterocycles. The van der Waals surface area contributed by atoms with Crippen LogP contribution in [0, 0.1) is 5.82 Å². The molecule has 0 radical (unpaired) electrons. The monoisotopic (exact) mass is 594 g/mol. The Labute approximate surface area is 242 Å². The summed E-state index contributed by atoms with van der Waals surface area (Å²) in [6, 6.07) is 7.68. The van der Waals surface area contributed by atoms with Gasteiger partial charge in [-0.2, -0.15) is 0 Å². The van der Waals surface area contributed by atoms with Crippen molar-refractivity contribution in [2.75, 3.05) is 40.6 Å². The van der Waals surface area contributed by atoms with E-state index in [2.05, 4.69) is 15.3 Å². The number of amides is 2. The van der Waals surface area contributed by atoms with E-state index in [1.807, 2.05) is 6.08 Å².